The smallest absolute Gasteiger partial charge is 0.325 e. The zero-order valence-electron chi connectivity index (χ0n) is 9.80. The van der Waals surface area contributed by atoms with Crippen LogP contribution in [0.4, 0.5) is 0 Å². The molecule has 0 saturated heterocycles. The van der Waals surface area contributed by atoms with Crippen LogP contribution in [0.25, 0.3) is 0 Å². The van der Waals surface area contributed by atoms with Crippen molar-refractivity contribution in [2.45, 2.75) is 37.8 Å². The van der Waals surface area contributed by atoms with Gasteiger partial charge in [-0.1, -0.05) is 30.7 Å². The van der Waals surface area contributed by atoms with Crippen LogP contribution < -0.4 is 0 Å². The second kappa shape index (κ2) is 4.15. The third kappa shape index (κ3) is 1.75. The van der Waals surface area contributed by atoms with Crippen molar-refractivity contribution < 1.29 is 9.90 Å². The molecule has 0 radical (unpaired) electrons. The SMILES string of the molecule is O=C(O)C1c2ccccc2CCN1C1CCC1. The topological polar surface area (TPSA) is 40.5 Å². The fourth-order valence-corrected chi connectivity index (χ4v) is 2.97. The molecule has 1 aliphatic carbocycles. The minimum absolute atomic E-state index is 0.426. The van der Waals surface area contributed by atoms with E-state index in [0.717, 1.165) is 31.4 Å². The molecule has 1 aliphatic heterocycles. The quantitative estimate of drug-likeness (QED) is 0.848. The van der Waals surface area contributed by atoms with Crippen molar-refractivity contribution in [2.75, 3.05) is 6.54 Å². The summed E-state index contributed by atoms with van der Waals surface area (Å²) in [5.74, 6) is -0.705. The Morgan fingerprint density at radius 2 is 2.06 bits per heavy atom. The van der Waals surface area contributed by atoms with Crippen molar-refractivity contribution in [2.24, 2.45) is 0 Å². The number of hydrogen-bond acceptors (Lipinski definition) is 2. The summed E-state index contributed by atoms with van der Waals surface area (Å²) in [5, 5.41) is 9.48. The highest BCUT2D eigenvalue weighted by Crippen LogP contribution is 2.36. The van der Waals surface area contributed by atoms with Crippen LogP contribution in [0.2, 0.25) is 0 Å². The van der Waals surface area contributed by atoms with Gasteiger partial charge in [-0.3, -0.25) is 9.69 Å². The van der Waals surface area contributed by atoms with E-state index in [4.69, 9.17) is 0 Å². The van der Waals surface area contributed by atoms with Crippen molar-refractivity contribution in [3.63, 3.8) is 0 Å². The number of carboxylic acid groups (broad SMARTS) is 1. The van der Waals surface area contributed by atoms with Crippen LogP contribution in [0, 0.1) is 0 Å². The Kier molecular flexibility index (Phi) is 2.63. The number of nitrogens with zero attached hydrogens (tertiary/aromatic N) is 1. The normalized spacial score (nSPS) is 25.1. The van der Waals surface area contributed by atoms with Crippen molar-refractivity contribution >= 4 is 5.97 Å². The van der Waals surface area contributed by atoms with Gasteiger partial charge in [-0.25, -0.2) is 0 Å². The number of aliphatic carboxylic acids is 1. The van der Waals surface area contributed by atoms with Gasteiger partial charge in [0.05, 0.1) is 0 Å². The Morgan fingerprint density at radius 1 is 1.29 bits per heavy atom. The lowest BCUT2D eigenvalue weighted by Gasteiger charge is -2.44. The summed E-state index contributed by atoms with van der Waals surface area (Å²) in [4.78, 5) is 13.7. The van der Waals surface area contributed by atoms with Crippen molar-refractivity contribution in [3.8, 4) is 0 Å². The number of rotatable bonds is 2. The van der Waals surface area contributed by atoms with Gasteiger partial charge in [0, 0.05) is 12.6 Å². The molecular formula is C14H17NO2. The van der Waals surface area contributed by atoms with E-state index in [1.54, 1.807) is 0 Å². The predicted octanol–water partition coefficient (Wildman–Crippen LogP) is 2.22. The molecule has 3 heteroatoms. The fraction of sp³-hybridized carbons (Fsp3) is 0.500. The molecule has 1 aromatic carbocycles. The Labute approximate surface area is 101 Å². The molecule has 1 atom stereocenters. The van der Waals surface area contributed by atoms with Crippen LogP contribution in [-0.2, 0) is 11.2 Å². The lowest BCUT2D eigenvalue weighted by molar-refractivity contribution is -0.146. The summed E-state index contributed by atoms with van der Waals surface area (Å²) < 4.78 is 0. The average molecular weight is 231 g/mol. The molecular weight excluding hydrogens is 214 g/mol. The highest BCUT2D eigenvalue weighted by atomic mass is 16.4. The largest absolute Gasteiger partial charge is 0.480 e. The minimum atomic E-state index is -0.705. The van der Waals surface area contributed by atoms with Crippen LogP contribution in [0.3, 0.4) is 0 Å². The second-order valence-corrected chi connectivity index (χ2v) is 5.01. The molecule has 0 amide bonds. The molecule has 3 rings (SSSR count). The summed E-state index contributed by atoms with van der Waals surface area (Å²) in [6.45, 7) is 0.888. The van der Waals surface area contributed by atoms with E-state index in [2.05, 4.69) is 11.0 Å². The standard InChI is InChI=1S/C14H17NO2/c16-14(17)13-12-7-2-1-4-10(12)8-9-15(13)11-5-3-6-11/h1-2,4,7,11,13H,3,5-6,8-9H2,(H,16,17). The zero-order chi connectivity index (χ0) is 11.8. The first-order chi connectivity index (χ1) is 8.27. The van der Waals surface area contributed by atoms with Crippen molar-refractivity contribution in [1.29, 1.82) is 0 Å². The van der Waals surface area contributed by atoms with Crippen LogP contribution >= 0.6 is 0 Å². The maximum absolute atomic E-state index is 11.5. The van der Waals surface area contributed by atoms with E-state index < -0.39 is 12.0 Å². The van der Waals surface area contributed by atoms with Gasteiger partial charge >= 0.3 is 5.97 Å². The monoisotopic (exact) mass is 231 g/mol. The maximum Gasteiger partial charge on any atom is 0.325 e. The Bertz CT molecular complexity index is 440. The average Bonchev–Trinajstić information content (AvgIpc) is 2.26. The first-order valence-corrected chi connectivity index (χ1v) is 6.34. The lowest BCUT2D eigenvalue weighted by atomic mass is 9.85. The number of carbonyl (C=O) groups is 1. The highest BCUT2D eigenvalue weighted by molar-refractivity contribution is 5.76. The van der Waals surface area contributed by atoms with Gasteiger partial charge in [0.25, 0.3) is 0 Å². The summed E-state index contributed by atoms with van der Waals surface area (Å²) in [7, 11) is 0. The minimum Gasteiger partial charge on any atom is -0.480 e. The molecule has 2 aliphatic rings. The van der Waals surface area contributed by atoms with Crippen LogP contribution in [0.1, 0.15) is 36.4 Å². The van der Waals surface area contributed by atoms with Crippen molar-refractivity contribution in [1.82, 2.24) is 4.90 Å². The molecule has 1 fully saturated rings. The van der Waals surface area contributed by atoms with Gasteiger partial charge in [0.2, 0.25) is 0 Å². The molecule has 17 heavy (non-hydrogen) atoms. The Morgan fingerprint density at radius 3 is 2.71 bits per heavy atom. The molecule has 1 saturated carbocycles. The van der Waals surface area contributed by atoms with Gasteiger partial charge in [-0.05, 0) is 30.4 Å². The van der Waals surface area contributed by atoms with Gasteiger partial charge < -0.3 is 5.11 Å². The zero-order valence-corrected chi connectivity index (χ0v) is 9.80. The fourth-order valence-electron chi connectivity index (χ4n) is 2.97. The van der Waals surface area contributed by atoms with E-state index in [1.165, 1.54) is 12.0 Å². The van der Waals surface area contributed by atoms with Crippen LogP contribution in [0.15, 0.2) is 24.3 Å². The molecule has 1 aromatic rings. The number of hydrogen-bond donors (Lipinski definition) is 1. The highest BCUT2D eigenvalue weighted by Gasteiger charge is 2.38. The Balaban J connectivity index is 1.97. The van der Waals surface area contributed by atoms with E-state index in [9.17, 15) is 9.90 Å². The van der Waals surface area contributed by atoms with E-state index in [0.29, 0.717) is 6.04 Å². The molecule has 0 spiro atoms. The lowest BCUT2D eigenvalue weighted by Crippen LogP contribution is -2.48. The molecule has 1 N–H and O–H groups in total. The maximum atomic E-state index is 11.5. The van der Waals surface area contributed by atoms with Crippen molar-refractivity contribution in [3.05, 3.63) is 35.4 Å². The summed E-state index contributed by atoms with van der Waals surface area (Å²) in [6, 6.07) is 8.03. The first kappa shape index (κ1) is 10.8. The van der Waals surface area contributed by atoms with Gasteiger partial charge in [-0.2, -0.15) is 0 Å². The molecule has 1 heterocycles. The van der Waals surface area contributed by atoms with E-state index >= 15 is 0 Å². The third-order valence-electron chi connectivity index (χ3n) is 4.10. The third-order valence-corrected chi connectivity index (χ3v) is 4.10. The second-order valence-electron chi connectivity index (χ2n) is 5.01. The van der Waals surface area contributed by atoms with E-state index in [1.807, 2.05) is 18.2 Å². The van der Waals surface area contributed by atoms with Gasteiger partial charge in [0.15, 0.2) is 0 Å². The number of benzene rings is 1. The number of fused-ring (bicyclic) bond motifs is 1. The Hall–Kier alpha value is -1.35. The number of carboxylic acids is 1. The van der Waals surface area contributed by atoms with Crippen LogP contribution in [0.5, 0.6) is 0 Å². The van der Waals surface area contributed by atoms with Gasteiger partial charge in [-0.15, -0.1) is 0 Å². The van der Waals surface area contributed by atoms with Gasteiger partial charge in [0.1, 0.15) is 6.04 Å². The van der Waals surface area contributed by atoms with Crippen LogP contribution in [-0.4, -0.2) is 28.6 Å². The molecule has 0 bridgehead atoms. The molecule has 1 unspecified atom stereocenters. The first-order valence-electron chi connectivity index (χ1n) is 6.34. The molecule has 90 valence electrons. The summed E-state index contributed by atoms with van der Waals surface area (Å²) >= 11 is 0. The molecule has 0 aromatic heterocycles. The molecule has 3 nitrogen and oxygen atoms in total. The summed E-state index contributed by atoms with van der Waals surface area (Å²) in [6.07, 6.45) is 4.55. The summed E-state index contributed by atoms with van der Waals surface area (Å²) in [5.41, 5.74) is 2.20. The predicted molar refractivity (Wildman–Crippen MR) is 64.9 cm³/mol. The van der Waals surface area contributed by atoms with E-state index in [-0.39, 0.29) is 0 Å².